The number of hydrogen-bond donors (Lipinski definition) is 2. The van der Waals surface area contributed by atoms with Crippen LogP contribution < -0.4 is 5.32 Å². The molecular weight excluding hydrogens is 268 g/mol. The van der Waals surface area contributed by atoms with Crippen LogP contribution >= 0.6 is 0 Å². The van der Waals surface area contributed by atoms with Crippen molar-refractivity contribution >= 4 is 5.97 Å². The molecule has 0 aliphatic carbocycles. The average Bonchev–Trinajstić information content (AvgIpc) is 2.84. The Morgan fingerprint density at radius 1 is 1.45 bits per heavy atom. The van der Waals surface area contributed by atoms with Crippen LogP contribution in [0, 0.1) is 5.92 Å². The van der Waals surface area contributed by atoms with Gasteiger partial charge in [0.15, 0.2) is 0 Å². The Labute approximate surface area is 117 Å². The number of rotatable bonds is 9. The zero-order valence-corrected chi connectivity index (χ0v) is 11.7. The van der Waals surface area contributed by atoms with Gasteiger partial charge in [-0.15, -0.1) is 0 Å². The van der Waals surface area contributed by atoms with Crippen LogP contribution in [0.25, 0.3) is 0 Å². The van der Waals surface area contributed by atoms with Crippen molar-refractivity contribution in [2.45, 2.75) is 52.2 Å². The zero-order chi connectivity index (χ0) is 15.1. The molecule has 114 valence electrons. The quantitative estimate of drug-likeness (QED) is 0.733. The Balaban J connectivity index is 2.27. The van der Waals surface area contributed by atoms with Gasteiger partial charge >= 0.3 is 12.5 Å². The molecule has 2 atom stereocenters. The second-order valence-electron chi connectivity index (χ2n) is 4.98. The fourth-order valence-corrected chi connectivity index (χ4v) is 1.88. The van der Waals surface area contributed by atoms with E-state index in [-0.39, 0.29) is 18.5 Å². The lowest BCUT2D eigenvalue weighted by atomic mass is 10.0. The molecule has 1 heterocycles. The Morgan fingerprint density at radius 3 is 2.75 bits per heavy atom. The summed E-state index contributed by atoms with van der Waals surface area (Å²) in [7, 11) is 0. The lowest BCUT2D eigenvalue weighted by Gasteiger charge is -2.15. The highest BCUT2D eigenvalue weighted by atomic mass is 19.3. The van der Waals surface area contributed by atoms with Crippen molar-refractivity contribution in [1.82, 2.24) is 14.9 Å². The van der Waals surface area contributed by atoms with E-state index in [2.05, 4.69) is 10.3 Å². The molecular formula is C13H21F2N3O2. The largest absolute Gasteiger partial charge is 0.481 e. The highest BCUT2D eigenvalue weighted by Crippen LogP contribution is 2.13. The van der Waals surface area contributed by atoms with Crippen molar-refractivity contribution in [2.24, 2.45) is 5.92 Å². The predicted molar refractivity (Wildman–Crippen MR) is 70.4 cm³/mol. The number of carbonyl (C=O) groups is 1. The summed E-state index contributed by atoms with van der Waals surface area (Å²) in [5, 5.41) is 11.9. The van der Waals surface area contributed by atoms with Gasteiger partial charge in [-0.3, -0.25) is 9.36 Å². The van der Waals surface area contributed by atoms with E-state index in [1.807, 2.05) is 6.92 Å². The molecule has 0 amide bonds. The highest BCUT2D eigenvalue weighted by Gasteiger charge is 2.13. The van der Waals surface area contributed by atoms with Crippen molar-refractivity contribution in [3.63, 3.8) is 0 Å². The minimum Gasteiger partial charge on any atom is -0.481 e. The summed E-state index contributed by atoms with van der Waals surface area (Å²) in [4.78, 5) is 14.5. The van der Waals surface area contributed by atoms with E-state index in [0.717, 1.165) is 17.4 Å². The summed E-state index contributed by atoms with van der Waals surface area (Å²) in [5.74, 6) is -0.838. The first-order valence-electron chi connectivity index (χ1n) is 6.67. The van der Waals surface area contributed by atoms with Gasteiger partial charge in [-0.2, -0.15) is 8.78 Å². The molecule has 0 bridgehead atoms. The van der Waals surface area contributed by atoms with Gasteiger partial charge in [-0.1, -0.05) is 13.3 Å². The zero-order valence-electron chi connectivity index (χ0n) is 11.7. The normalized spacial score (nSPS) is 14.4. The van der Waals surface area contributed by atoms with Crippen LogP contribution in [0.15, 0.2) is 12.4 Å². The molecule has 5 nitrogen and oxygen atoms in total. The van der Waals surface area contributed by atoms with E-state index in [1.54, 1.807) is 6.92 Å². The van der Waals surface area contributed by atoms with Crippen molar-refractivity contribution in [3.05, 3.63) is 18.2 Å². The van der Waals surface area contributed by atoms with Gasteiger partial charge in [0.2, 0.25) is 0 Å². The molecule has 2 unspecified atom stereocenters. The smallest absolute Gasteiger partial charge is 0.319 e. The summed E-state index contributed by atoms with van der Waals surface area (Å²) >= 11 is 0. The fraction of sp³-hybridized carbons (Fsp3) is 0.692. The SMILES string of the molecule is CC(CCCC(C)C(=O)O)NCc1nccn1C(F)F. The van der Waals surface area contributed by atoms with Crippen molar-refractivity contribution in [1.29, 1.82) is 0 Å². The maximum Gasteiger partial charge on any atom is 0.319 e. The summed E-state index contributed by atoms with van der Waals surface area (Å²) in [6, 6.07) is 0.124. The third-order valence-corrected chi connectivity index (χ3v) is 3.26. The first-order valence-corrected chi connectivity index (χ1v) is 6.67. The van der Waals surface area contributed by atoms with Crippen LogP contribution in [-0.4, -0.2) is 26.7 Å². The van der Waals surface area contributed by atoms with Crippen LogP contribution in [0.2, 0.25) is 0 Å². The Hall–Kier alpha value is -1.50. The van der Waals surface area contributed by atoms with E-state index in [9.17, 15) is 13.6 Å². The van der Waals surface area contributed by atoms with Crippen molar-refractivity contribution in [3.8, 4) is 0 Å². The standard InChI is InChI=1S/C13H21F2N3O2/c1-9(12(19)20)4-3-5-10(2)17-8-11-16-6-7-18(11)13(14)15/h6-7,9-10,13,17H,3-5,8H2,1-2H3,(H,19,20). The molecule has 1 rings (SSSR count). The fourth-order valence-electron chi connectivity index (χ4n) is 1.88. The first-order chi connectivity index (χ1) is 9.41. The molecule has 0 spiro atoms. The highest BCUT2D eigenvalue weighted by molar-refractivity contribution is 5.69. The number of nitrogens with one attached hydrogen (secondary N) is 1. The number of hydrogen-bond acceptors (Lipinski definition) is 3. The second-order valence-corrected chi connectivity index (χ2v) is 4.98. The molecule has 0 saturated heterocycles. The van der Waals surface area contributed by atoms with Gasteiger partial charge in [0, 0.05) is 18.4 Å². The van der Waals surface area contributed by atoms with Crippen LogP contribution in [0.5, 0.6) is 0 Å². The van der Waals surface area contributed by atoms with Gasteiger partial charge in [0.1, 0.15) is 5.82 Å². The number of alkyl halides is 2. The third-order valence-electron chi connectivity index (χ3n) is 3.26. The van der Waals surface area contributed by atoms with Crippen LogP contribution in [0.3, 0.4) is 0 Å². The summed E-state index contributed by atoms with van der Waals surface area (Å²) < 4.78 is 26.0. The van der Waals surface area contributed by atoms with E-state index in [0.29, 0.717) is 12.2 Å². The Kier molecular flexibility index (Phi) is 6.57. The Morgan fingerprint density at radius 2 is 2.15 bits per heavy atom. The molecule has 0 fully saturated rings. The van der Waals surface area contributed by atoms with Crippen molar-refractivity contribution in [2.75, 3.05) is 0 Å². The van der Waals surface area contributed by atoms with E-state index in [1.165, 1.54) is 12.4 Å². The number of nitrogens with zero attached hydrogens (tertiary/aromatic N) is 2. The van der Waals surface area contributed by atoms with Crippen LogP contribution in [0.4, 0.5) is 8.78 Å². The maximum absolute atomic E-state index is 12.6. The average molecular weight is 289 g/mol. The number of imidazole rings is 1. The number of carboxylic acids is 1. The van der Waals surface area contributed by atoms with Gasteiger partial charge in [0.05, 0.1) is 12.5 Å². The number of halogens is 2. The van der Waals surface area contributed by atoms with Gasteiger partial charge in [0.25, 0.3) is 0 Å². The predicted octanol–water partition coefficient (Wildman–Crippen LogP) is 2.65. The lowest BCUT2D eigenvalue weighted by molar-refractivity contribution is -0.141. The lowest BCUT2D eigenvalue weighted by Crippen LogP contribution is -2.27. The van der Waals surface area contributed by atoms with E-state index >= 15 is 0 Å². The van der Waals surface area contributed by atoms with Gasteiger partial charge in [-0.05, 0) is 19.8 Å². The molecule has 2 N–H and O–H groups in total. The summed E-state index contributed by atoms with van der Waals surface area (Å²) in [5.41, 5.74) is 0. The first kappa shape index (κ1) is 16.6. The third kappa shape index (κ3) is 5.24. The van der Waals surface area contributed by atoms with Gasteiger partial charge in [-0.25, -0.2) is 4.98 Å². The second kappa shape index (κ2) is 7.94. The minimum atomic E-state index is -2.58. The minimum absolute atomic E-state index is 0.124. The van der Waals surface area contributed by atoms with Crippen LogP contribution in [-0.2, 0) is 11.3 Å². The van der Waals surface area contributed by atoms with E-state index < -0.39 is 12.5 Å². The number of carboxylic acid groups (broad SMARTS) is 1. The molecule has 0 aliphatic rings. The van der Waals surface area contributed by atoms with Gasteiger partial charge < -0.3 is 10.4 Å². The molecule has 7 heteroatoms. The van der Waals surface area contributed by atoms with Crippen molar-refractivity contribution < 1.29 is 18.7 Å². The maximum atomic E-state index is 12.6. The number of aromatic nitrogens is 2. The Bertz CT molecular complexity index is 424. The summed E-state index contributed by atoms with van der Waals surface area (Å²) in [6.45, 7) is 1.31. The molecule has 0 aliphatic heterocycles. The molecule has 0 aromatic carbocycles. The molecule has 0 radical (unpaired) electrons. The molecule has 1 aromatic heterocycles. The van der Waals surface area contributed by atoms with E-state index in [4.69, 9.17) is 5.11 Å². The van der Waals surface area contributed by atoms with Crippen LogP contribution in [0.1, 0.15) is 45.5 Å². The molecule has 20 heavy (non-hydrogen) atoms. The monoisotopic (exact) mass is 289 g/mol. The number of aliphatic carboxylic acids is 1. The molecule has 1 aromatic rings. The molecule has 0 saturated carbocycles. The topological polar surface area (TPSA) is 67.2 Å². The summed E-state index contributed by atoms with van der Waals surface area (Å²) in [6.07, 6.45) is 4.80.